The summed E-state index contributed by atoms with van der Waals surface area (Å²) in [6.45, 7) is 1.92. The van der Waals surface area contributed by atoms with Gasteiger partial charge in [-0.1, -0.05) is 11.6 Å². The number of pyridine rings is 2. The van der Waals surface area contributed by atoms with Crippen LogP contribution < -0.4 is 0 Å². The smallest absolute Gasteiger partial charge is 0.107 e. The summed E-state index contributed by atoms with van der Waals surface area (Å²) < 4.78 is 0. The predicted octanol–water partition coefficient (Wildman–Crippen LogP) is 2.59. The lowest BCUT2D eigenvalue weighted by Crippen LogP contribution is -1.85. The molecular formula is C9H7ClN2. The topological polar surface area (TPSA) is 25.8 Å². The van der Waals surface area contributed by atoms with Gasteiger partial charge in [-0.25, -0.2) is 0 Å². The molecule has 0 unspecified atom stereocenters. The first-order chi connectivity index (χ1) is 5.79. The van der Waals surface area contributed by atoms with Crippen molar-refractivity contribution in [2.45, 2.75) is 6.92 Å². The van der Waals surface area contributed by atoms with Crippen molar-refractivity contribution >= 4 is 22.6 Å². The van der Waals surface area contributed by atoms with Gasteiger partial charge >= 0.3 is 0 Å². The number of fused-ring (bicyclic) bond motifs is 1. The third kappa shape index (κ3) is 1.04. The van der Waals surface area contributed by atoms with E-state index in [4.69, 9.17) is 11.6 Å². The maximum atomic E-state index is 6.02. The second-order valence-electron chi connectivity index (χ2n) is 2.63. The van der Waals surface area contributed by atoms with Gasteiger partial charge in [0, 0.05) is 12.4 Å². The molecule has 0 aromatic carbocycles. The molecule has 2 nitrogen and oxygen atoms in total. The largest absolute Gasteiger partial charge is 0.254 e. The molecule has 3 heteroatoms. The van der Waals surface area contributed by atoms with E-state index in [1.807, 2.05) is 19.1 Å². The highest BCUT2D eigenvalue weighted by molar-refractivity contribution is 6.35. The number of nitrogens with zero attached hydrogens (tertiary/aromatic N) is 2. The van der Waals surface area contributed by atoms with Gasteiger partial charge in [-0.15, -0.1) is 0 Å². The van der Waals surface area contributed by atoms with E-state index in [1.54, 1.807) is 12.4 Å². The second kappa shape index (κ2) is 2.72. The highest BCUT2D eigenvalue weighted by Gasteiger charge is 2.02. The lowest BCUT2D eigenvalue weighted by atomic mass is 10.2. The Hall–Kier alpha value is -1.15. The summed E-state index contributed by atoms with van der Waals surface area (Å²) in [7, 11) is 0. The third-order valence-electron chi connectivity index (χ3n) is 1.74. The minimum atomic E-state index is 0.695. The molecule has 0 N–H and O–H groups in total. The second-order valence-corrected chi connectivity index (χ2v) is 3.00. The lowest BCUT2D eigenvalue weighted by Gasteiger charge is -2.00. The summed E-state index contributed by atoms with van der Waals surface area (Å²) in [4.78, 5) is 8.34. The SMILES string of the molecule is Cc1cnc2cccnc2c1Cl. The molecule has 0 fully saturated rings. The average molecular weight is 179 g/mol. The Morgan fingerprint density at radius 1 is 1.33 bits per heavy atom. The van der Waals surface area contributed by atoms with Crippen LogP contribution in [-0.2, 0) is 0 Å². The molecule has 60 valence electrons. The highest BCUT2D eigenvalue weighted by atomic mass is 35.5. The number of rotatable bonds is 0. The van der Waals surface area contributed by atoms with E-state index in [2.05, 4.69) is 9.97 Å². The van der Waals surface area contributed by atoms with Crippen molar-refractivity contribution in [1.29, 1.82) is 0 Å². The molecule has 2 heterocycles. The molecule has 0 aliphatic carbocycles. The first kappa shape index (κ1) is 7.50. The van der Waals surface area contributed by atoms with E-state index in [9.17, 15) is 0 Å². The van der Waals surface area contributed by atoms with Crippen LogP contribution in [0, 0.1) is 6.92 Å². The van der Waals surface area contributed by atoms with Crippen LogP contribution in [0.1, 0.15) is 5.56 Å². The first-order valence-corrected chi connectivity index (χ1v) is 4.02. The molecule has 0 atom stereocenters. The fourth-order valence-corrected chi connectivity index (χ4v) is 1.27. The summed E-state index contributed by atoms with van der Waals surface area (Å²) in [6, 6.07) is 3.74. The molecule has 0 saturated carbocycles. The summed E-state index contributed by atoms with van der Waals surface area (Å²) in [6.07, 6.45) is 3.47. The number of aromatic nitrogens is 2. The summed E-state index contributed by atoms with van der Waals surface area (Å²) in [5, 5.41) is 0.695. The molecule has 0 bridgehead atoms. The van der Waals surface area contributed by atoms with E-state index in [0.29, 0.717) is 5.02 Å². The van der Waals surface area contributed by atoms with Crippen LogP contribution >= 0.6 is 11.6 Å². The number of halogens is 1. The van der Waals surface area contributed by atoms with Crippen molar-refractivity contribution in [3.05, 3.63) is 35.1 Å². The Labute approximate surface area is 75.2 Å². The van der Waals surface area contributed by atoms with Gasteiger partial charge in [0.1, 0.15) is 5.52 Å². The Kier molecular flexibility index (Phi) is 1.70. The van der Waals surface area contributed by atoms with E-state index in [1.165, 1.54) is 0 Å². The molecule has 0 spiro atoms. The summed E-state index contributed by atoms with van der Waals surface area (Å²) in [5.41, 5.74) is 2.58. The van der Waals surface area contributed by atoms with Crippen LogP contribution in [0.15, 0.2) is 24.5 Å². The number of hydrogen-bond donors (Lipinski definition) is 0. The molecule has 0 radical (unpaired) electrons. The molecular weight excluding hydrogens is 172 g/mol. The summed E-state index contributed by atoms with van der Waals surface area (Å²) in [5.74, 6) is 0. The zero-order valence-corrected chi connectivity index (χ0v) is 7.34. The van der Waals surface area contributed by atoms with Crippen molar-refractivity contribution in [1.82, 2.24) is 9.97 Å². The monoisotopic (exact) mass is 178 g/mol. The van der Waals surface area contributed by atoms with Crippen LogP contribution in [0.3, 0.4) is 0 Å². The lowest BCUT2D eigenvalue weighted by molar-refractivity contribution is 1.29. The molecule has 0 saturated heterocycles. The van der Waals surface area contributed by atoms with Gasteiger partial charge in [0.15, 0.2) is 0 Å². The zero-order chi connectivity index (χ0) is 8.55. The highest BCUT2D eigenvalue weighted by Crippen LogP contribution is 2.22. The van der Waals surface area contributed by atoms with Crippen LogP contribution in [0.5, 0.6) is 0 Å². The maximum Gasteiger partial charge on any atom is 0.107 e. The molecule has 2 rings (SSSR count). The molecule has 0 amide bonds. The van der Waals surface area contributed by atoms with E-state index < -0.39 is 0 Å². The van der Waals surface area contributed by atoms with Crippen LogP contribution in [0.2, 0.25) is 5.02 Å². The minimum Gasteiger partial charge on any atom is -0.254 e. The van der Waals surface area contributed by atoms with E-state index >= 15 is 0 Å². The Morgan fingerprint density at radius 3 is 3.00 bits per heavy atom. The van der Waals surface area contributed by atoms with E-state index in [0.717, 1.165) is 16.6 Å². The minimum absolute atomic E-state index is 0.695. The van der Waals surface area contributed by atoms with Gasteiger partial charge in [0.2, 0.25) is 0 Å². The number of hydrogen-bond acceptors (Lipinski definition) is 2. The molecule has 2 aromatic rings. The van der Waals surface area contributed by atoms with Crippen molar-refractivity contribution in [3.8, 4) is 0 Å². The van der Waals surface area contributed by atoms with Crippen LogP contribution in [0.4, 0.5) is 0 Å². The van der Waals surface area contributed by atoms with Gasteiger partial charge in [-0.3, -0.25) is 9.97 Å². The predicted molar refractivity (Wildman–Crippen MR) is 49.3 cm³/mol. The quantitative estimate of drug-likeness (QED) is 0.620. The van der Waals surface area contributed by atoms with Gasteiger partial charge in [0.05, 0.1) is 10.5 Å². The van der Waals surface area contributed by atoms with Gasteiger partial charge in [-0.05, 0) is 24.6 Å². The number of aryl methyl sites for hydroxylation is 1. The third-order valence-corrected chi connectivity index (χ3v) is 2.21. The zero-order valence-electron chi connectivity index (χ0n) is 6.58. The Morgan fingerprint density at radius 2 is 2.17 bits per heavy atom. The van der Waals surface area contributed by atoms with Crippen molar-refractivity contribution in [2.75, 3.05) is 0 Å². The van der Waals surface area contributed by atoms with Crippen molar-refractivity contribution < 1.29 is 0 Å². The van der Waals surface area contributed by atoms with Crippen LogP contribution in [0.25, 0.3) is 11.0 Å². The molecule has 0 aliphatic rings. The van der Waals surface area contributed by atoms with Crippen molar-refractivity contribution in [2.24, 2.45) is 0 Å². The first-order valence-electron chi connectivity index (χ1n) is 3.65. The fourth-order valence-electron chi connectivity index (χ4n) is 1.08. The van der Waals surface area contributed by atoms with E-state index in [-0.39, 0.29) is 0 Å². The van der Waals surface area contributed by atoms with Crippen molar-refractivity contribution in [3.63, 3.8) is 0 Å². The van der Waals surface area contributed by atoms with Crippen LogP contribution in [-0.4, -0.2) is 9.97 Å². The Balaban J connectivity index is 2.91. The van der Waals surface area contributed by atoms with Gasteiger partial charge in [0.25, 0.3) is 0 Å². The van der Waals surface area contributed by atoms with Gasteiger partial charge in [-0.2, -0.15) is 0 Å². The summed E-state index contributed by atoms with van der Waals surface area (Å²) >= 11 is 6.02. The molecule has 0 aliphatic heterocycles. The molecule has 12 heavy (non-hydrogen) atoms. The maximum absolute atomic E-state index is 6.02. The molecule has 2 aromatic heterocycles. The fraction of sp³-hybridized carbons (Fsp3) is 0.111. The van der Waals surface area contributed by atoms with Gasteiger partial charge < -0.3 is 0 Å². The normalized spacial score (nSPS) is 10.5. The standard InChI is InChI=1S/C9H7ClN2/c1-6-5-12-7-3-2-4-11-9(7)8(6)10/h2-5H,1H3. The average Bonchev–Trinajstić information content (AvgIpc) is 2.12. The Bertz CT molecular complexity index is 426.